The predicted molar refractivity (Wildman–Crippen MR) is 81.7 cm³/mol. The number of benzene rings is 1. The van der Waals surface area contributed by atoms with E-state index in [9.17, 15) is 17.6 Å². The van der Waals surface area contributed by atoms with Crippen LogP contribution in [0.2, 0.25) is 0 Å². The molecule has 1 N–H and O–H groups in total. The van der Waals surface area contributed by atoms with Crippen LogP contribution < -0.4 is 5.32 Å². The van der Waals surface area contributed by atoms with E-state index in [-0.39, 0.29) is 17.3 Å². The highest BCUT2D eigenvalue weighted by Gasteiger charge is 2.20. The second kappa shape index (κ2) is 6.91. The SMILES string of the molecule is Cc1cc(CS(=O)(=O)CC(=O)N[C@H](C)c2ccc(F)cc2)no1. The lowest BCUT2D eigenvalue weighted by Crippen LogP contribution is -2.32. The van der Waals surface area contributed by atoms with Crippen molar-refractivity contribution in [1.29, 1.82) is 0 Å². The number of aryl methyl sites for hydroxylation is 1. The number of aromatic nitrogens is 1. The zero-order valence-electron chi connectivity index (χ0n) is 12.7. The number of carbonyl (C=O) groups excluding carboxylic acids is 1. The molecule has 0 aliphatic rings. The molecular weight excluding hydrogens is 323 g/mol. The van der Waals surface area contributed by atoms with Gasteiger partial charge in [0.25, 0.3) is 0 Å². The van der Waals surface area contributed by atoms with Crippen molar-refractivity contribution in [2.75, 3.05) is 5.75 Å². The van der Waals surface area contributed by atoms with Gasteiger partial charge in [-0.1, -0.05) is 17.3 Å². The summed E-state index contributed by atoms with van der Waals surface area (Å²) in [5, 5.41) is 6.18. The van der Waals surface area contributed by atoms with Crippen molar-refractivity contribution in [3.63, 3.8) is 0 Å². The number of amides is 1. The molecule has 0 saturated carbocycles. The van der Waals surface area contributed by atoms with Crippen LogP contribution >= 0.6 is 0 Å². The van der Waals surface area contributed by atoms with Crippen molar-refractivity contribution in [1.82, 2.24) is 10.5 Å². The Morgan fingerprint density at radius 3 is 2.57 bits per heavy atom. The summed E-state index contributed by atoms with van der Waals surface area (Å²) in [6.07, 6.45) is 0. The molecule has 0 aliphatic heterocycles. The van der Waals surface area contributed by atoms with Gasteiger partial charge in [-0.05, 0) is 31.5 Å². The first kappa shape index (κ1) is 17.1. The van der Waals surface area contributed by atoms with Gasteiger partial charge >= 0.3 is 0 Å². The Bertz CT molecular complexity index is 784. The molecule has 0 aliphatic carbocycles. The molecule has 23 heavy (non-hydrogen) atoms. The third-order valence-corrected chi connectivity index (χ3v) is 4.58. The van der Waals surface area contributed by atoms with Crippen LogP contribution in [0.4, 0.5) is 4.39 Å². The molecule has 2 rings (SSSR count). The number of nitrogens with zero attached hydrogens (tertiary/aromatic N) is 1. The number of carbonyl (C=O) groups is 1. The van der Waals surface area contributed by atoms with Gasteiger partial charge in [0.2, 0.25) is 5.91 Å². The first-order valence-corrected chi connectivity index (χ1v) is 8.75. The van der Waals surface area contributed by atoms with Gasteiger partial charge in [0, 0.05) is 6.07 Å². The summed E-state index contributed by atoms with van der Waals surface area (Å²) in [5.41, 5.74) is 0.950. The van der Waals surface area contributed by atoms with Gasteiger partial charge in [-0.25, -0.2) is 12.8 Å². The molecule has 0 fully saturated rings. The van der Waals surface area contributed by atoms with E-state index in [0.29, 0.717) is 11.3 Å². The van der Waals surface area contributed by atoms with Crippen LogP contribution in [0.15, 0.2) is 34.9 Å². The largest absolute Gasteiger partial charge is 0.361 e. The summed E-state index contributed by atoms with van der Waals surface area (Å²) in [4.78, 5) is 11.9. The maximum Gasteiger partial charge on any atom is 0.235 e. The highest BCUT2D eigenvalue weighted by atomic mass is 32.2. The molecular formula is C15H17FN2O4S. The minimum absolute atomic E-state index is 0.266. The fourth-order valence-electron chi connectivity index (χ4n) is 2.08. The standard InChI is InChI=1S/C15H17FN2O4S/c1-10-7-14(18-22-10)8-23(20,21)9-15(19)17-11(2)12-3-5-13(16)6-4-12/h3-7,11H,8-9H2,1-2H3,(H,17,19)/t11-/m1/s1. The van der Waals surface area contributed by atoms with E-state index in [1.807, 2.05) is 0 Å². The van der Waals surface area contributed by atoms with Gasteiger partial charge in [-0.15, -0.1) is 0 Å². The lowest BCUT2D eigenvalue weighted by molar-refractivity contribution is -0.119. The maximum atomic E-state index is 12.9. The average molecular weight is 340 g/mol. The molecule has 0 radical (unpaired) electrons. The molecule has 1 amide bonds. The Balaban J connectivity index is 1.94. The molecule has 2 aromatic rings. The first-order chi connectivity index (χ1) is 10.7. The fraction of sp³-hybridized carbons (Fsp3) is 0.333. The number of nitrogens with one attached hydrogen (secondary N) is 1. The van der Waals surface area contributed by atoms with E-state index in [2.05, 4.69) is 10.5 Å². The molecule has 124 valence electrons. The van der Waals surface area contributed by atoms with Crippen LogP contribution in [0, 0.1) is 12.7 Å². The zero-order valence-corrected chi connectivity index (χ0v) is 13.6. The van der Waals surface area contributed by atoms with Crippen molar-refractivity contribution < 1.29 is 22.1 Å². The maximum absolute atomic E-state index is 12.9. The highest BCUT2D eigenvalue weighted by Crippen LogP contribution is 2.13. The van der Waals surface area contributed by atoms with Crippen LogP contribution in [0.3, 0.4) is 0 Å². The van der Waals surface area contributed by atoms with Crippen LogP contribution in [0.5, 0.6) is 0 Å². The quantitative estimate of drug-likeness (QED) is 0.868. The van der Waals surface area contributed by atoms with E-state index in [4.69, 9.17) is 4.52 Å². The minimum Gasteiger partial charge on any atom is -0.361 e. The highest BCUT2D eigenvalue weighted by molar-refractivity contribution is 7.91. The molecule has 0 unspecified atom stereocenters. The zero-order chi connectivity index (χ0) is 17.0. The van der Waals surface area contributed by atoms with Gasteiger partial charge in [0.05, 0.1) is 17.5 Å². The second-order valence-corrected chi connectivity index (χ2v) is 7.37. The van der Waals surface area contributed by atoms with Gasteiger partial charge in [0.15, 0.2) is 9.84 Å². The Morgan fingerprint density at radius 2 is 2.00 bits per heavy atom. The van der Waals surface area contributed by atoms with Gasteiger partial charge in [-0.2, -0.15) is 0 Å². The topological polar surface area (TPSA) is 89.3 Å². The molecule has 6 nitrogen and oxygen atoms in total. The summed E-state index contributed by atoms with van der Waals surface area (Å²) in [5.74, 6) is -1.50. The Hall–Kier alpha value is -2.22. The van der Waals surface area contributed by atoms with E-state index >= 15 is 0 Å². The van der Waals surface area contributed by atoms with Crippen LogP contribution in [0.25, 0.3) is 0 Å². The number of rotatable bonds is 6. The lowest BCUT2D eigenvalue weighted by atomic mass is 10.1. The molecule has 1 heterocycles. The molecule has 1 aromatic carbocycles. The minimum atomic E-state index is -3.65. The Morgan fingerprint density at radius 1 is 1.35 bits per heavy atom. The van der Waals surface area contributed by atoms with E-state index in [0.717, 1.165) is 0 Å². The third-order valence-electron chi connectivity index (χ3n) is 3.14. The summed E-state index contributed by atoms with van der Waals surface area (Å²) in [6, 6.07) is 6.72. The smallest absolute Gasteiger partial charge is 0.235 e. The number of hydrogen-bond acceptors (Lipinski definition) is 5. The Kier molecular flexibility index (Phi) is 5.15. The lowest BCUT2D eigenvalue weighted by Gasteiger charge is -2.14. The van der Waals surface area contributed by atoms with Crippen LogP contribution in [0.1, 0.15) is 30.0 Å². The van der Waals surface area contributed by atoms with Gasteiger partial charge < -0.3 is 9.84 Å². The van der Waals surface area contributed by atoms with Gasteiger partial charge in [-0.3, -0.25) is 4.79 Å². The number of halogens is 1. The second-order valence-electron chi connectivity index (χ2n) is 5.30. The first-order valence-electron chi connectivity index (χ1n) is 6.92. The molecule has 1 atom stereocenters. The van der Waals surface area contributed by atoms with Crippen molar-refractivity contribution >= 4 is 15.7 Å². The van der Waals surface area contributed by atoms with Crippen molar-refractivity contribution in [2.45, 2.75) is 25.6 Å². The van der Waals surface area contributed by atoms with E-state index in [1.54, 1.807) is 13.8 Å². The number of hydrogen-bond donors (Lipinski definition) is 1. The summed E-state index contributed by atoms with van der Waals surface area (Å²) < 4.78 is 41.6. The van der Waals surface area contributed by atoms with Gasteiger partial charge in [0.1, 0.15) is 17.3 Å². The summed E-state index contributed by atoms with van der Waals surface area (Å²) in [7, 11) is -3.65. The van der Waals surface area contributed by atoms with Crippen molar-refractivity contribution in [3.05, 3.63) is 53.2 Å². The van der Waals surface area contributed by atoms with Crippen molar-refractivity contribution in [2.24, 2.45) is 0 Å². The normalized spacial score (nSPS) is 12.8. The van der Waals surface area contributed by atoms with Crippen molar-refractivity contribution in [3.8, 4) is 0 Å². The van der Waals surface area contributed by atoms with E-state index in [1.165, 1.54) is 30.3 Å². The molecule has 0 spiro atoms. The third kappa shape index (κ3) is 5.17. The molecule has 0 saturated heterocycles. The fourth-order valence-corrected chi connectivity index (χ4v) is 3.25. The van der Waals surface area contributed by atoms with Crippen LogP contribution in [-0.2, 0) is 20.4 Å². The number of sulfone groups is 1. The monoisotopic (exact) mass is 340 g/mol. The summed E-state index contributed by atoms with van der Waals surface area (Å²) >= 11 is 0. The molecule has 1 aromatic heterocycles. The summed E-state index contributed by atoms with van der Waals surface area (Å²) in [6.45, 7) is 3.35. The molecule has 0 bridgehead atoms. The molecule has 8 heteroatoms. The van der Waals surface area contributed by atoms with Crippen LogP contribution in [-0.4, -0.2) is 25.2 Å². The van der Waals surface area contributed by atoms with E-state index < -0.39 is 27.5 Å². The average Bonchev–Trinajstić information content (AvgIpc) is 2.82. The predicted octanol–water partition coefficient (Wildman–Crippen LogP) is 1.91. The Labute approximate surface area is 133 Å².